The van der Waals surface area contributed by atoms with Crippen LogP contribution in [0.15, 0.2) is 60.4 Å². The smallest absolute Gasteiger partial charge is 0.248 e. The van der Waals surface area contributed by atoms with Gasteiger partial charge in [0.2, 0.25) is 11.8 Å². The summed E-state index contributed by atoms with van der Waals surface area (Å²) < 4.78 is 0. The number of unbranched alkanes of at least 4 members (excludes halogenated alkanes) is 1. The minimum absolute atomic E-state index is 0.100. The second-order valence-electron chi connectivity index (χ2n) is 9.67. The standard InChI is InChI=1S/C30H39N7O2/c1-5-8-24(30(39)32-4)20-37(31)16-7-6-9-25-12-13-28(36-35-25)34-29(38)19-26-18-23(14-15-33-26)27-17-21(2)10-11-22(27)3/h10-15,17-18,20H,5-9,16,19,31H2,1-4H3,(H,32,39)(H,34,36,38)/b24-20+. The Morgan fingerprint density at radius 1 is 1.03 bits per heavy atom. The van der Waals surface area contributed by atoms with Gasteiger partial charge in [-0.05, 0) is 80.5 Å². The van der Waals surface area contributed by atoms with Gasteiger partial charge in [0.05, 0.1) is 17.8 Å². The fourth-order valence-corrected chi connectivity index (χ4v) is 4.23. The molecule has 39 heavy (non-hydrogen) atoms. The highest BCUT2D eigenvalue weighted by molar-refractivity contribution is 5.93. The molecule has 0 unspecified atom stereocenters. The number of benzene rings is 1. The van der Waals surface area contributed by atoms with E-state index < -0.39 is 0 Å². The molecule has 2 heterocycles. The molecule has 1 aromatic carbocycles. The number of aryl methyl sites for hydroxylation is 3. The fourth-order valence-electron chi connectivity index (χ4n) is 4.23. The summed E-state index contributed by atoms with van der Waals surface area (Å²) in [6.07, 6.45) is 7.61. The van der Waals surface area contributed by atoms with Crippen LogP contribution in [0.5, 0.6) is 0 Å². The van der Waals surface area contributed by atoms with Gasteiger partial charge in [-0.1, -0.05) is 37.1 Å². The number of aromatic nitrogens is 3. The number of hydrazine groups is 1. The summed E-state index contributed by atoms with van der Waals surface area (Å²) in [5.74, 6) is 6.16. The van der Waals surface area contributed by atoms with Crippen molar-refractivity contribution in [3.8, 4) is 11.1 Å². The van der Waals surface area contributed by atoms with E-state index in [1.165, 1.54) is 11.1 Å². The monoisotopic (exact) mass is 529 g/mol. The van der Waals surface area contributed by atoms with Crippen molar-refractivity contribution in [2.75, 3.05) is 18.9 Å². The average Bonchev–Trinajstić information content (AvgIpc) is 2.92. The minimum Gasteiger partial charge on any atom is -0.355 e. The van der Waals surface area contributed by atoms with E-state index in [0.717, 1.165) is 42.5 Å². The molecule has 4 N–H and O–H groups in total. The van der Waals surface area contributed by atoms with Gasteiger partial charge in [0, 0.05) is 31.6 Å². The fraction of sp³-hybridized carbons (Fsp3) is 0.367. The van der Waals surface area contributed by atoms with Crippen LogP contribution in [0.2, 0.25) is 0 Å². The molecule has 9 heteroatoms. The van der Waals surface area contributed by atoms with Gasteiger partial charge in [-0.3, -0.25) is 14.6 Å². The summed E-state index contributed by atoms with van der Waals surface area (Å²) in [6.45, 7) is 6.80. The lowest BCUT2D eigenvalue weighted by Crippen LogP contribution is -2.29. The van der Waals surface area contributed by atoms with Crippen molar-refractivity contribution in [2.45, 2.75) is 59.3 Å². The maximum absolute atomic E-state index is 12.6. The SMILES string of the molecule is CCC/C(=C\N(N)CCCCc1ccc(NC(=O)Cc2cc(-c3cc(C)ccc3C)ccn2)nn1)C(=O)NC. The third-order valence-electron chi connectivity index (χ3n) is 6.31. The van der Waals surface area contributed by atoms with E-state index in [1.807, 2.05) is 25.1 Å². The summed E-state index contributed by atoms with van der Waals surface area (Å²) in [5, 5.41) is 15.4. The van der Waals surface area contributed by atoms with Crippen molar-refractivity contribution in [3.63, 3.8) is 0 Å². The number of rotatable bonds is 13. The first kappa shape index (κ1) is 29.4. The summed E-state index contributed by atoms with van der Waals surface area (Å²) in [5.41, 5.74) is 6.75. The Labute approximate surface area is 230 Å². The third-order valence-corrected chi connectivity index (χ3v) is 6.31. The maximum Gasteiger partial charge on any atom is 0.248 e. The predicted molar refractivity (Wildman–Crippen MR) is 154 cm³/mol. The van der Waals surface area contributed by atoms with Crippen molar-refractivity contribution < 1.29 is 9.59 Å². The first-order valence-electron chi connectivity index (χ1n) is 13.4. The molecule has 0 spiro atoms. The number of anilines is 1. The zero-order valence-electron chi connectivity index (χ0n) is 23.3. The molecule has 0 bridgehead atoms. The summed E-state index contributed by atoms with van der Waals surface area (Å²) in [6, 6.07) is 13.9. The van der Waals surface area contributed by atoms with Crippen molar-refractivity contribution >= 4 is 17.6 Å². The van der Waals surface area contributed by atoms with E-state index in [1.54, 1.807) is 30.5 Å². The van der Waals surface area contributed by atoms with Gasteiger partial charge >= 0.3 is 0 Å². The van der Waals surface area contributed by atoms with E-state index in [-0.39, 0.29) is 18.2 Å². The highest BCUT2D eigenvalue weighted by Crippen LogP contribution is 2.25. The van der Waals surface area contributed by atoms with Gasteiger partial charge in [-0.15, -0.1) is 5.10 Å². The van der Waals surface area contributed by atoms with Gasteiger partial charge in [0.15, 0.2) is 5.82 Å². The minimum atomic E-state index is -0.196. The molecule has 3 rings (SSSR count). The predicted octanol–water partition coefficient (Wildman–Crippen LogP) is 4.27. The van der Waals surface area contributed by atoms with Gasteiger partial charge in [0.25, 0.3) is 0 Å². The number of carbonyl (C=O) groups is 2. The van der Waals surface area contributed by atoms with Crippen LogP contribution in [-0.2, 0) is 22.4 Å². The van der Waals surface area contributed by atoms with Crippen molar-refractivity contribution in [3.05, 3.63) is 82.9 Å². The van der Waals surface area contributed by atoms with Crippen LogP contribution in [0.25, 0.3) is 11.1 Å². The normalized spacial score (nSPS) is 11.3. The van der Waals surface area contributed by atoms with Crippen LogP contribution in [-0.4, -0.2) is 45.6 Å². The molecule has 206 valence electrons. The lowest BCUT2D eigenvalue weighted by atomic mass is 9.98. The second-order valence-corrected chi connectivity index (χ2v) is 9.67. The molecule has 0 saturated heterocycles. The summed E-state index contributed by atoms with van der Waals surface area (Å²) in [4.78, 5) is 28.9. The zero-order chi connectivity index (χ0) is 28.2. The van der Waals surface area contributed by atoms with E-state index in [4.69, 9.17) is 5.84 Å². The largest absolute Gasteiger partial charge is 0.355 e. The Morgan fingerprint density at radius 2 is 1.85 bits per heavy atom. The molecule has 2 aromatic heterocycles. The molecule has 3 aromatic rings. The molecule has 0 atom stereocenters. The number of nitrogens with two attached hydrogens (primary N) is 1. The molecule has 0 aliphatic heterocycles. The molecule has 0 fully saturated rings. The average molecular weight is 530 g/mol. The Bertz CT molecular complexity index is 1290. The lowest BCUT2D eigenvalue weighted by molar-refractivity contribution is -0.117. The topological polar surface area (TPSA) is 126 Å². The first-order valence-corrected chi connectivity index (χ1v) is 13.4. The number of hydrogen-bond donors (Lipinski definition) is 3. The maximum atomic E-state index is 12.6. The van der Waals surface area contributed by atoms with E-state index in [0.29, 0.717) is 30.1 Å². The first-order chi connectivity index (χ1) is 18.8. The number of amides is 2. The quantitative estimate of drug-likeness (QED) is 0.131. The molecule has 0 aliphatic carbocycles. The van der Waals surface area contributed by atoms with Crippen molar-refractivity contribution in [1.29, 1.82) is 0 Å². The van der Waals surface area contributed by atoms with Crippen molar-refractivity contribution in [2.24, 2.45) is 5.84 Å². The van der Waals surface area contributed by atoms with Gasteiger partial charge in [0.1, 0.15) is 0 Å². The molecule has 2 amide bonds. The van der Waals surface area contributed by atoms with Crippen LogP contribution in [0.1, 0.15) is 55.1 Å². The van der Waals surface area contributed by atoms with Crippen LogP contribution in [0.4, 0.5) is 5.82 Å². The molecular formula is C30H39N7O2. The Hall–Kier alpha value is -4.11. The van der Waals surface area contributed by atoms with E-state index in [9.17, 15) is 9.59 Å². The van der Waals surface area contributed by atoms with Gasteiger partial charge < -0.3 is 15.6 Å². The lowest BCUT2D eigenvalue weighted by Gasteiger charge is -2.16. The third kappa shape index (κ3) is 9.30. The summed E-state index contributed by atoms with van der Waals surface area (Å²) >= 11 is 0. The Morgan fingerprint density at radius 3 is 2.56 bits per heavy atom. The number of likely N-dealkylation sites (N-methyl/N-ethyl adjacent to an activating group) is 1. The van der Waals surface area contributed by atoms with Gasteiger partial charge in [-0.2, -0.15) is 5.10 Å². The number of pyridine rings is 1. The van der Waals surface area contributed by atoms with E-state index >= 15 is 0 Å². The van der Waals surface area contributed by atoms with Crippen LogP contribution >= 0.6 is 0 Å². The van der Waals surface area contributed by atoms with Crippen LogP contribution in [0, 0.1) is 13.8 Å². The molecule has 0 aliphatic rings. The highest BCUT2D eigenvalue weighted by Gasteiger charge is 2.10. The number of nitrogens with one attached hydrogen (secondary N) is 2. The number of carbonyl (C=O) groups excluding carboxylic acids is 2. The summed E-state index contributed by atoms with van der Waals surface area (Å²) in [7, 11) is 1.62. The zero-order valence-corrected chi connectivity index (χ0v) is 23.3. The Balaban J connectivity index is 1.47. The van der Waals surface area contributed by atoms with Crippen molar-refractivity contribution in [1.82, 2.24) is 25.5 Å². The number of hydrogen-bond acceptors (Lipinski definition) is 7. The van der Waals surface area contributed by atoms with Crippen LogP contribution in [0.3, 0.4) is 0 Å². The van der Waals surface area contributed by atoms with Gasteiger partial charge in [-0.25, -0.2) is 5.84 Å². The molecular weight excluding hydrogens is 490 g/mol. The molecule has 0 radical (unpaired) electrons. The van der Waals surface area contributed by atoms with Crippen LogP contribution < -0.4 is 16.5 Å². The Kier molecular flexibility index (Phi) is 11.1. The van der Waals surface area contributed by atoms with E-state index in [2.05, 4.69) is 57.9 Å². The highest BCUT2D eigenvalue weighted by atomic mass is 16.2. The second kappa shape index (κ2) is 14.7. The molecule has 0 saturated carbocycles. The molecule has 9 nitrogen and oxygen atoms in total. The number of nitrogens with zero attached hydrogens (tertiary/aromatic N) is 4.